The first-order valence-corrected chi connectivity index (χ1v) is 7.06. The lowest BCUT2D eigenvalue weighted by Crippen LogP contribution is -2.11. The predicted octanol–water partition coefficient (Wildman–Crippen LogP) is 0.610. The van der Waals surface area contributed by atoms with Crippen molar-refractivity contribution >= 4 is 21.6 Å². The summed E-state index contributed by atoms with van der Waals surface area (Å²) in [5.41, 5.74) is 4.54. The van der Waals surface area contributed by atoms with Crippen LogP contribution >= 0.6 is 0 Å². The largest absolute Gasteiger partial charge is 0.478 e. The minimum atomic E-state index is -0.981. The molecule has 0 aliphatic heterocycles. The molecule has 0 heterocycles. The number of ether oxygens (including phenoxy) is 1. The fourth-order valence-corrected chi connectivity index (χ4v) is 0.142. The number of hydrogen-bond acceptors (Lipinski definition) is 3. The van der Waals surface area contributed by atoms with Gasteiger partial charge >= 0.3 is 12.1 Å². The van der Waals surface area contributed by atoms with Crippen LogP contribution in [0, 0.1) is 0 Å². The summed E-state index contributed by atoms with van der Waals surface area (Å²) >= 11 is 0. The van der Waals surface area contributed by atoms with Gasteiger partial charge in [-0.1, -0.05) is 19.7 Å². The van der Waals surface area contributed by atoms with E-state index in [0.29, 0.717) is 16.1 Å². The van der Waals surface area contributed by atoms with Crippen molar-refractivity contribution in [2.24, 2.45) is 5.73 Å². The van der Waals surface area contributed by atoms with Gasteiger partial charge in [0.05, 0.1) is 6.61 Å². The third kappa shape index (κ3) is 73.6. The van der Waals surface area contributed by atoms with Crippen LogP contribution in [-0.2, 0) is 9.53 Å². The third-order valence-electron chi connectivity index (χ3n) is 0.461. The fourth-order valence-electron chi connectivity index (χ4n) is 0.142. The molecule has 0 aromatic carbocycles. The van der Waals surface area contributed by atoms with Crippen molar-refractivity contribution in [1.29, 1.82) is 0 Å². The van der Waals surface area contributed by atoms with E-state index in [9.17, 15) is 9.59 Å². The minimum absolute atomic E-state index is 0.356. The lowest BCUT2D eigenvalue weighted by atomic mass is 10.7. The first-order chi connectivity index (χ1) is 6.45. The van der Waals surface area contributed by atoms with E-state index in [1.807, 2.05) is 0 Å². The Morgan fingerprint density at radius 1 is 1.57 bits per heavy atom. The van der Waals surface area contributed by atoms with Gasteiger partial charge in [-0.3, -0.25) is 0 Å². The quantitative estimate of drug-likeness (QED) is 0.528. The van der Waals surface area contributed by atoms with Gasteiger partial charge in [0, 0.05) is 15.6 Å². The molecular formula is C8H19NO4Si. The SMILES string of the molecule is C=CC(=O)O.CCOC(N)=O.C[SiH2]C. The van der Waals surface area contributed by atoms with E-state index in [-0.39, 0.29) is 0 Å². The number of hydrogen-bond donors (Lipinski definition) is 2. The number of carboxylic acids is 1. The Labute approximate surface area is 86.8 Å². The van der Waals surface area contributed by atoms with Crippen LogP contribution in [-0.4, -0.2) is 33.3 Å². The molecular weight excluding hydrogens is 202 g/mol. The predicted molar refractivity (Wildman–Crippen MR) is 59.3 cm³/mol. The molecule has 5 nitrogen and oxygen atoms in total. The maximum absolute atomic E-state index is 9.60. The monoisotopic (exact) mass is 221 g/mol. The van der Waals surface area contributed by atoms with Gasteiger partial charge in [-0.25, -0.2) is 9.59 Å². The first-order valence-electron chi connectivity index (χ1n) is 4.23. The summed E-state index contributed by atoms with van der Waals surface area (Å²) in [6, 6.07) is 0. The molecule has 0 spiro atoms. The van der Waals surface area contributed by atoms with E-state index < -0.39 is 12.1 Å². The maximum atomic E-state index is 9.60. The Balaban J connectivity index is -0.000000138. The molecule has 14 heavy (non-hydrogen) atoms. The van der Waals surface area contributed by atoms with Gasteiger partial charge in [-0.05, 0) is 6.92 Å². The van der Waals surface area contributed by atoms with Crippen molar-refractivity contribution in [3.63, 3.8) is 0 Å². The van der Waals surface area contributed by atoms with E-state index >= 15 is 0 Å². The molecule has 0 saturated heterocycles. The lowest BCUT2D eigenvalue weighted by molar-refractivity contribution is -0.131. The van der Waals surface area contributed by atoms with Crippen LogP contribution in [0.25, 0.3) is 0 Å². The fraction of sp³-hybridized carbons (Fsp3) is 0.500. The normalized spacial score (nSPS) is 6.79. The van der Waals surface area contributed by atoms with E-state index in [2.05, 4.69) is 30.1 Å². The number of aliphatic carboxylic acids is 1. The second-order valence-electron chi connectivity index (χ2n) is 2.00. The number of primary amides is 1. The Kier molecular flexibility index (Phi) is 23.4. The highest BCUT2D eigenvalue weighted by Crippen LogP contribution is 1.66. The molecule has 0 unspecified atom stereocenters. The number of carboxylic acid groups (broad SMARTS) is 1. The molecule has 0 aliphatic rings. The van der Waals surface area contributed by atoms with Gasteiger partial charge in [-0.15, -0.1) is 0 Å². The zero-order valence-electron chi connectivity index (χ0n) is 8.95. The van der Waals surface area contributed by atoms with Crippen molar-refractivity contribution < 1.29 is 19.4 Å². The van der Waals surface area contributed by atoms with Crippen molar-refractivity contribution in [2.75, 3.05) is 6.61 Å². The van der Waals surface area contributed by atoms with Crippen LogP contribution in [0.4, 0.5) is 4.79 Å². The Morgan fingerprint density at radius 3 is 1.86 bits per heavy atom. The second kappa shape index (κ2) is 17.7. The topological polar surface area (TPSA) is 89.6 Å². The summed E-state index contributed by atoms with van der Waals surface area (Å²) in [7, 11) is 0.417. The molecule has 0 aromatic heterocycles. The number of nitrogens with two attached hydrogens (primary N) is 1. The summed E-state index contributed by atoms with van der Waals surface area (Å²) < 4.78 is 4.18. The smallest absolute Gasteiger partial charge is 0.404 e. The Hall–Kier alpha value is -1.30. The van der Waals surface area contributed by atoms with Crippen LogP contribution in [0.2, 0.25) is 13.1 Å². The van der Waals surface area contributed by atoms with Crippen molar-refractivity contribution in [1.82, 2.24) is 0 Å². The molecule has 84 valence electrons. The Morgan fingerprint density at radius 2 is 1.86 bits per heavy atom. The number of amides is 1. The molecule has 0 radical (unpaired) electrons. The van der Waals surface area contributed by atoms with Crippen LogP contribution in [0.5, 0.6) is 0 Å². The van der Waals surface area contributed by atoms with Crippen LogP contribution in [0.15, 0.2) is 12.7 Å². The summed E-state index contributed by atoms with van der Waals surface area (Å²) in [5, 5.41) is 7.60. The van der Waals surface area contributed by atoms with Crippen molar-refractivity contribution in [2.45, 2.75) is 20.0 Å². The molecule has 6 heteroatoms. The highest BCUT2D eigenvalue weighted by atomic mass is 28.2. The number of rotatable bonds is 2. The Bertz CT molecular complexity index is 161. The minimum Gasteiger partial charge on any atom is -0.478 e. The van der Waals surface area contributed by atoms with Gasteiger partial charge in [0.25, 0.3) is 0 Å². The highest BCUT2D eigenvalue weighted by Gasteiger charge is 1.82. The van der Waals surface area contributed by atoms with Gasteiger partial charge in [-0.2, -0.15) is 0 Å². The average molecular weight is 221 g/mol. The van der Waals surface area contributed by atoms with Gasteiger partial charge in [0.1, 0.15) is 0 Å². The molecule has 0 atom stereocenters. The zero-order valence-corrected chi connectivity index (χ0v) is 10.4. The lowest BCUT2D eigenvalue weighted by Gasteiger charge is -1.89. The van der Waals surface area contributed by atoms with E-state index in [1.54, 1.807) is 6.92 Å². The van der Waals surface area contributed by atoms with Crippen LogP contribution in [0.3, 0.4) is 0 Å². The average Bonchev–Trinajstić information content (AvgIpc) is 2.06. The molecule has 0 aliphatic carbocycles. The van der Waals surface area contributed by atoms with Gasteiger partial charge in [0.2, 0.25) is 0 Å². The van der Waals surface area contributed by atoms with Crippen molar-refractivity contribution in [3.05, 3.63) is 12.7 Å². The first kappa shape index (κ1) is 18.5. The number of carbonyl (C=O) groups is 2. The van der Waals surface area contributed by atoms with Crippen LogP contribution in [0.1, 0.15) is 6.92 Å². The summed E-state index contributed by atoms with van der Waals surface area (Å²) in [5.74, 6) is -0.981. The van der Waals surface area contributed by atoms with Gasteiger partial charge < -0.3 is 15.6 Å². The summed E-state index contributed by atoms with van der Waals surface area (Å²) in [6.45, 7) is 9.54. The molecule has 0 bridgehead atoms. The summed E-state index contributed by atoms with van der Waals surface area (Å²) in [4.78, 5) is 18.8. The molecule has 0 fully saturated rings. The molecule has 3 N–H and O–H groups in total. The highest BCUT2D eigenvalue weighted by molar-refractivity contribution is 6.31. The van der Waals surface area contributed by atoms with Gasteiger partial charge in [0.15, 0.2) is 0 Å². The maximum Gasteiger partial charge on any atom is 0.404 e. The van der Waals surface area contributed by atoms with Crippen LogP contribution < -0.4 is 5.73 Å². The van der Waals surface area contributed by atoms with Crippen molar-refractivity contribution in [3.8, 4) is 0 Å². The number of carbonyl (C=O) groups excluding carboxylic acids is 1. The standard InChI is InChI=1S/C3H7NO2.C3H4O2.C2H8Si/c1-2-6-3(4)5;1-2-3(4)5;1-3-2/h2H2,1H3,(H2,4,5);2H,1H2,(H,4,5);3H2,1-2H3. The van der Waals surface area contributed by atoms with E-state index in [0.717, 1.165) is 6.08 Å². The van der Waals surface area contributed by atoms with E-state index in [4.69, 9.17) is 5.11 Å². The van der Waals surface area contributed by atoms with E-state index in [1.165, 1.54) is 0 Å². The molecule has 0 saturated carbocycles. The second-order valence-corrected chi connectivity index (χ2v) is 3.42. The zero-order chi connectivity index (χ0) is 12.0. The third-order valence-corrected chi connectivity index (χ3v) is 0.461. The molecule has 0 rings (SSSR count). The summed E-state index contributed by atoms with van der Waals surface area (Å²) in [6.07, 6.45) is 0.123. The molecule has 1 amide bonds. The molecule has 0 aromatic rings.